The Bertz CT molecular complexity index is 2230. The highest BCUT2D eigenvalue weighted by atomic mass is 19.3. The Balaban J connectivity index is 0.569. The summed E-state index contributed by atoms with van der Waals surface area (Å²) in [6.45, 7) is 10.2. The molecule has 4 heterocycles. The second kappa shape index (κ2) is 30.0. The number of amides is 2. The molecule has 9 rings (SSSR count). The van der Waals surface area contributed by atoms with E-state index >= 15 is 8.78 Å². The first kappa shape index (κ1) is 60.6. The number of nitrogens with zero attached hydrogens (tertiary/aromatic N) is 3. The molecule has 11 unspecified atom stereocenters. The van der Waals surface area contributed by atoms with E-state index in [4.69, 9.17) is 14.5 Å². The predicted octanol–water partition coefficient (Wildman–Crippen LogP) is 9.98. The number of hydrogen-bond donors (Lipinski definition) is 5. The molecule has 16 heteroatoms. The van der Waals surface area contributed by atoms with Gasteiger partial charge in [0.1, 0.15) is 17.8 Å². The van der Waals surface area contributed by atoms with Crippen LogP contribution in [0.15, 0.2) is 52.0 Å². The van der Waals surface area contributed by atoms with Crippen molar-refractivity contribution in [1.82, 2.24) is 31.1 Å². The number of carbonyl (C=O) groups is 4. The van der Waals surface area contributed by atoms with Crippen molar-refractivity contribution in [3.63, 3.8) is 0 Å². The number of carbonyl (C=O) groups excluding carboxylic acids is 4. The summed E-state index contributed by atoms with van der Waals surface area (Å²) in [7, 11) is 1.68. The van der Waals surface area contributed by atoms with Gasteiger partial charge in [0.15, 0.2) is 5.78 Å². The fraction of sp³-hybridized carbons (Fsp3) is 0.797. The van der Waals surface area contributed by atoms with Crippen molar-refractivity contribution in [1.29, 1.82) is 0 Å². The molecule has 14 nitrogen and oxygen atoms in total. The highest BCUT2D eigenvalue weighted by Crippen LogP contribution is 2.49. The van der Waals surface area contributed by atoms with Gasteiger partial charge in [-0.1, -0.05) is 62.8 Å². The zero-order chi connectivity index (χ0) is 56.0. The third kappa shape index (κ3) is 16.4. The fourth-order valence-corrected chi connectivity index (χ4v) is 15.3. The van der Waals surface area contributed by atoms with Crippen molar-refractivity contribution in [2.75, 3.05) is 66.2 Å². The van der Waals surface area contributed by atoms with Gasteiger partial charge in [-0.3, -0.25) is 19.4 Å². The van der Waals surface area contributed by atoms with Crippen LogP contribution in [-0.2, 0) is 23.9 Å². The molecule has 5 aliphatic carbocycles. The van der Waals surface area contributed by atoms with Gasteiger partial charge in [0, 0.05) is 138 Å². The smallest absolute Gasteiger partial charge is 0.317 e. The van der Waals surface area contributed by atoms with Crippen LogP contribution < -0.4 is 21.3 Å². The minimum absolute atomic E-state index is 0.0223. The number of hydrogen-bond acceptors (Lipinski definition) is 12. The van der Waals surface area contributed by atoms with Crippen molar-refractivity contribution in [3.8, 4) is 0 Å². The van der Waals surface area contributed by atoms with Gasteiger partial charge in [-0.2, -0.15) is 0 Å². The average molecular weight is 1120 g/mol. The lowest BCUT2D eigenvalue weighted by Crippen LogP contribution is -2.47. The lowest BCUT2D eigenvalue weighted by molar-refractivity contribution is -0.134. The van der Waals surface area contributed by atoms with E-state index in [9.17, 15) is 24.3 Å². The number of aliphatic imine (C=N–C) groups is 1. The number of nitrogens with one attached hydrogen (secondary N) is 4. The van der Waals surface area contributed by atoms with Crippen molar-refractivity contribution in [3.05, 3.63) is 47.0 Å². The van der Waals surface area contributed by atoms with Gasteiger partial charge in [-0.15, -0.1) is 0 Å². The van der Waals surface area contributed by atoms with Crippen LogP contribution in [0.4, 0.5) is 13.6 Å². The highest BCUT2D eigenvalue weighted by Gasteiger charge is 2.54. The molecule has 3 saturated carbocycles. The fourth-order valence-electron chi connectivity index (χ4n) is 15.3. The van der Waals surface area contributed by atoms with E-state index < -0.39 is 30.4 Å². The number of allylic oxidation sites excluding steroid dienone is 4. The number of unbranched alkanes of at least 4 members (excludes halogenated alkanes) is 4. The van der Waals surface area contributed by atoms with Crippen LogP contribution in [0.1, 0.15) is 173 Å². The van der Waals surface area contributed by atoms with E-state index in [1.165, 1.54) is 74.6 Å². The molecule has 0 aromatic rings. The standard InChI is InChI=1S/C64H99F2N7O7/c1-42-20-24-53(63(77)70-42)59-60(75)52-25-22-50(37-55(52)61(59)76)68-27-33-80-32-11-5-10-31-79-30-9-4-6-14-43-34-44(43)21-23-51(74)19-12-18-49-35-46(39-69-49)54-36-45-15-13-28-72(58(45)38-56(54)62(65)66)40-47-41-73(64(78)67-2)29-26-57(47)71-48-16-7-3-8-17-48/h22,25,39,43-44,46,48-50,52-56,59,62-63,68,70-71,77H,1,3-21,23-24,26-38,40-41H2,2H3,(H,67,78)/t43-,44?,46?,49?,50?,52?,53?,54?,55?,56?,59?,63?/m1/s1. The zero-order valence-electron chi connectivity index (χ0n) is 48.5. The number of ether oxygens (including phenoxy) is 2. The Morgan fingerprint density at radius 2 is 1.60 bits per heavy atom. The molecule has 0 bridgehead atoms. The summed E-state index contributed by atoms with van der Waals surface area (Å²) in [6.07, 6.45) is 28.3. The van der Waals surface area contributed by atoms with Gasteiger partial charge < -0.3 is 45.6 Å². The average Bonchev–Trinajstić information content (AvgIpc) is 3.98. The number of halogens is 2. The molecule has 12 atom stereocenters. The second-order valence-electron chi connectivity index (χ2n) is 25.6. The molecule has 80 heavy (non-hydrogen) atoms. The van der Waals surface area contributed by atoms with Crippen LogP contribution in [-0.4, -0.2) is 141 Å². The molecule has 1 saturated heterocycles. The summed E-state index contributed by atoms with van der Waals surface area (Å²) in [5, 5.41) is 23.6. The van der Waals surface area contributed by atoms with Crippen molar-refractivity contribution < 1.29 is 42.5 Å². The van der Waals surface area contributed by atoms with Crippen LogP contribution in [0.2, 0.25) is 0 Å². The summed E-state index contributed by atoms with van der Waals surface area (Å²) in [5.41, 5.74) is 5.72. The van der Waals surface area contributed by atoms with E-state index in [2.05, 4.69) is 32.7 Å². The molecular weight excluding hydrogens is 1020 g/mol. The molecular formula is C64H99F2N7O7. The lowest BCUT2D eigenvalue weighted by Gasteiger charge is -2.44. The van der Waals surface area contributed by atoms with Crippen LogP contribution in [0.5, 0.6) is 0 Å². The molecule has 4 fully saturated rings. The first-order valence-electron chi connectivity index (χ1n) is 31.9. The Hall–Kier alpha value is -3.99. The Kier molecular flexibility index (Phi) is 22.7. The predicted molar refractivity (Wildman–Crippen MR) is 309 cm³/mol. The topological polar surface area (TPSA) is 174 Å². The monoisotopic (exact) mass is 1120 g/mol. The molecule has 0 aromatic heterocycles. The molecule has 5 N–H and O–H groups in total. The van der Waals surface area contributed by atoms with Crippen LogP contribution in [0.25, 0.3) is 0 Å². The molecule has 0 spiro atoms. The summed E-state index contributed by atoms with van der Waals surface area (Å²) in [4.78, 5) is 61.4. The number of aliphatic hydroxyl groups excluding tert-OH is 1. The number of alkyl halides is 2. The number of Topliss-reactive ketones (excluding diaryl/α,β-unsaturated/α-hetero) is 3. The van der Waals surface area contributed by atoms with Gasteiger partial charge in [-0.05, 0) is 145 Å². The number of aliphatic hydroxyl groups is 1. The maximum atomic E-state index is 15.1. The van der Waals surface area contributed by atoms with Crippen LogP contribution in [0.3, 0.4) is 0 Å². The van der Waals surface area contributed by atoms with E-state index in [1.807, 2.05) is 23.3 Å². The molecule has 446 valence electrons. The number of ketones is 3. The molecule has 9 aliphatic rings. The van der Waals surface area contributed by atoms with Gasteiger partial charge in [0.05, 0.1) is 18.6 Å². The maximum absolute atomic E-state index is 15.1. The number of rotatable bonds is 30. The summed E-state index contributed by atoms with van der Waals surface area (Å²) in [5.74, 6) is -0.861. The number of fused-ring (bicyclic) bond motifs is 1. The third-order valence-electron chi connectivity index (χ3n) is 20.1. The van der Waals surface area contributed by atoms with E-state index in [1.54, 1.807) is 7.05 Å². The van der Waals surface area contributed by atoms with Crippen molar-refractivity contribution >= 4 is 29.6 Å². The van der Waals surface area contributed by atoms with E-state index in [0.29, 0.717) is 102 Å². The molecule has 0 radical (unpaired) electrons. The molecule has 0 aromatic carbocycles. The highest BCUT2D eigenvalue weighted by molar-refractivity contribution is 6.12. The number of piperidine rings is 1. The first-order chi connectivity index (χ1) is 38.9. The van der Waals surface area contributed by atoms with Crippen molar-refractivity contribution in [2.24, 2.45) is 58.3 Å². The van der Waals surface area contributed by atoms with Gasteiger partial charge in [0.2, 0.25) is 6.43 Å². The SMILES string of the molecule is C=C1CCC(C2C(=O)C3C=CC(NCCOCCCCCOCCCCC[C@@H]4CC4CCC(=O)CCCC4CC(C5CC6=C(CC5C(F)F)N(CC5=C(NC7CCCCC7)CCN(C(=O)NC)C5)CCC6)C=N4)CC3C2=O)C(O)N1. The van der Waals surface area contributed by atoms with Crippen LogP contribution >= 0.6 is 0 Å². The third-order valence-corrected chi connectivity index (χ3v) is 20.1. The summed E-state index contributed by atoms with van der Waals surface area (Å²) < 4.78 is 41.9. The Morgan fingerprint density at radius 1 is 0.825 bits per heavy atom. The largest absolute Gasteiger partial charge is 0.385 e. The first-order valence-corrected chi connectivity index (χ1v) is 31.9. The van der Waals surface area contributed by atoms with Crippen molar-refractivity contribution in [2.45, 2.75) is 204 Å². The van der Waals surface area contributed by atoms with E-state index in [-0.39, 0.29) is 53.4 Å². The Labute approximate surface area is 477 Å². The Morgan fingerprint density at radius 3 is 2.38 bits per heavy atom. The van der Waals surface area contributed by atoms with Crippen LogP contribution in [0, 0.1) is 53.3 Å². The summed E-state index contributed by atoms with van der Waals surface area (Å²) >= 11 is 0. The minimum atomic E-state index is -2.39. The maximum Gasteiger partial charge on any atom is 0.317 e. The quantitative estimate of drug-likeness (QED) is 0.0263. The van der Waals surface area contributed by atoms with Gasteiger partial charge in [0.25, 0.3) is 0 Å². The normalized spacial score (nSPS) is 31.7. The lowest BCUT2D eigenvalue weighted by atomic mass is 9.69. The second-order valence-corrected chi connectivity index (χ2v) is 25.6. The molecule has 4 aliphatic heterocycles. The molecule has 2 amide bonds. The number of urea groups is 1. The summed E-state index contributed by atoms with van der Waals surface area (Å²) in [6, 6.07) is 0.549. The van der Waals surface area contributed by atoms with E-state index in [0.717, 1.165) is 108 Å². The van der Waals surface area contributed by atoms with Gasteiger partial charge >= 0.3 is 6.03 Å². The zero-order valence-corrected chi connectivity index (χ0v) is 48.5. The van der Waals surface area contributed by atoms with Gasteiger partial charge in [-0.25, -0.2) is 13.6 Å². The minimum Gasteiger partial charge on any atom is -0.385 e.